The van der Waals surface area contributed by atoms with Crippen LogP contribution >= 0.6 is 11.6 Å². The molecule has 0 spiro atoms. The van der Waals surface area contributed by atoms with E-state index in [1.807, 2.05) is 6.92 Å². The largest absolute Gasteiger partial charge is 0.313 e. The first-order valence-electron chi connectivity index (χ1n) is 6.66. The van der Waals surface area contributed by atoms with E-state index in [1.165, 1.54) is 5.41 Å². The second-order valence-corrected chi connectivity index (χ2v) is 7.04. The molecule has 1 aromatic carbocycles. The van der Waals surface area contributed by atoms with Crippen molar-refractivity contribution in [2.75, 3.05) is 6.54 Å². The molecule has 2 atom stereocenters. The molecule has 2 unspecified atom stereocenters. The lowest BCUT2D eigenvalue weighted by atomic mass is 10.0. The summed E-state index contributed by atoms with van der Waals surface area (Å²) in [6, 6.07) is 7.12. The van der Waals surface area contributed by atoms with E-state index >= 15 is 0 Å². The normalized spacial score (nSPS) is 24.1. The molecule has 110 valence electrons. The summed E-state index contributed by atoms with van der Waals surface area (Å²) < 4.78 is 26.8. The molecule has 2 N–H and O–H groups in total. The Bertz CT molecular complexity index is 569. The van der Waals surface area contributed by atoms with Gasteiger partial charge in [-0.15, -0.1) is 0 Å². The van der Waals surface area contributed by atoms with Crippen molar-refractivity contribution in [3.63, 3.8) is 0 Å². The Morgan fingerprint density at radius 3 is 2.70 bits per heavy atom. The van der Waals surface area contributed by atoms with Crippen LogP contribution in [-0.4, -0.2) is 27.0 Å². The van der Waals surface area contributed by atoms with E-state index in [4.69, 9.17) is 11.6 Å². The summed E-state index contributed by atoms with van der Waals surface area (Å²) in [6.45, 7) is 2.94. The average Bonchev–Trinajstić information content (AvgIpc) is 2.41. The summed E-state index contributed by atoms with van der Waals surface area (Å²) in [7, 11) is -3.43. The van der Waals surface area contributed by atoms with Crippen LogP contribution in [0, 0.1) is 0 Å². The standard InChI is InChI=1S/C14H19ClN2O2S/c1-11-14(3-2-9-16-11)17-20(18,19)10-8-12-4-6-13(15)7-5-12/h4-8,10-11,14,16-17H,2-3,9H2,1H3/b10-8+. The SMILES string of the molecule is CC1NCCCC1NS(=O)(=O)/C=C/c1ccc(Cl)cc1. The number of hydrogen-bond donors (Lipinski definition) is 2. The molecule has 0 saturated carbocycles. The van der Waals surface area contributed by atoms with Crippen LogP contribution < -0.4 is 10.0 Å². The summed E-state index contributed by atoms with van der Waals surface area (Å²) in [5, 5.41) is 5.10. The highest BCUT2D eigenvalue weighted by molar-refractivity contribution is 7.92. The molecule has 2 rings (SSSR count). The van der Waals surface area contributed by atoms with Gasteiger partial charge in [0, 0.05) is 22.5 Å². The van der Waals surface area contributed by atoms with Gasteiger partial charge in [0.1, 0.15) is 0 Å². The van der Waals surface area contributed by atoms with Gasteiger partial charge in [-0.25, -0.2) is 13.1 Å². The minimum Gasteiger partial charge on any atom is -0.313 e. The van der Waals surface area contributed by atoms with Crippen molar-refractivity contribution in [1.29, 1.82) is 0 Å². The van der Waals surface area contributed by atoms with Crippen LogP contribution in [0.2, 0.25) is 5.02 Å². The van der Waals surface area contributed by atoms with Crippen LogP contribution in [0.3, 0.4) is 0 Å². The third-order valence-electron chi connectivity index (χ3n) is 3.39. The average molecular weight is 315 g/mol. The molecule has 0 aliphatic carbocycles. The third kappa shape index (κ3) is 4.59. The van der Waals surface area contributed by atoms with Gasteiger partial charge in [0.15, 0.2) is 0 Å². The first-order chi connectivity index (χ1) is 9.46. The zero-order valence-electron chi connectivity index (χ0n) is 11.3. The number of nitrogens with one attached hydrogen (secondary N) is 2. The number of halogens is 1. The second kappa shape index (κ2) is 6.72. The van der Waals surface area contributed by atoms with Crippen molar-refractivity contribution in [2.45, 2.75) is 31.8 Å². The first-order valence-corrected chi connectivity index (χ1v) is 8.58. The Kier molecular flexibility index (Phi) is 5.21. The minimum absolute atomic E-state index is 0.0522. The Hall–Kier alpha value is -0.880. The van der Waals surface area contributed by atoms with Gasteiger partial charge in [0.25, 0.3) is 0 Å². The maximum atomic E-state index is 12.0. The van der Waals surface area contributed by atoms with Gasteiger partial charge in [-0.2, -0.15) is 0 Å². The minimum atomic E-state index is -3.43. The fourth-order valence-corrected chi connectivity index (χ4v) is 3.48. The monoisotopic (exact) mass is 314 g/mol. The molecule has 0 bridgehead atoms. The van der Waals surface area contributed by atoms with E-state index in [9.17, 15) is 8.42 Å². The van der Waals surface area contributed by atoms with Gasteiger partial charge >= 0.3 is 0 Å². The fourth-order valence-electron chi connectivity index (χ4n) is 2.20. The van der Waals surface area contributed by atoms with E-state index in [-0.39, 0.29) is 12.1 Å². The molecule has 1 fully saturated rings. The quantitative estimate of drug-likeness (QED) is 0.897. The van der Waals surface area contributed by atoms with Crippen molar-refractivity contribution in [2.24, 2.45) is 0 Å². The highest BCUT2D eigenvalue weighted by Gasteiger charge is 2.24. The van der Waals surface area contributed by atoms with Crippen molar-refractivity contribution >= 4 is 27.7 Å². The zero-order valence-corrected chi connectivity index (χ0v) is 12.9. The van der Waals surface area contributed by atoms with E-state index in [2.05, 4.69) is 10.0 Å². The van der Waals surface area contributed by atoms with E-state index in [1.54, 1.807) is 30.3 Å². The van der Waals surface area contributed by atoms with Crippen LogP contribution in [0.4, 0.5) is 0 Å². The Morgan fingerprint density at radius 1 is 1.35 bits per heavy atom. The van der Waals surface area contributed by atoms with Crippen LogP contribution in [0.1, 0.15) is 25.3 Å². The summed E-state index contributed by atoms with van der Waals surface area (Å²) >= 11 is 5.78. The van der Waals surface area contributed by atoms with Gasteiger partial charge < -0.3 is 5.32 Å². The van der Waals surface area contributed by atoms with Crippen LogP contribution in [0.15, 0.2) is 29.7 Å². The molecule has 1 saturated heterocycles. The lowest BCUT2D eigenvalue weighted by Crippen LogP contribution is -2.51. The molecule has 1 aliphatic rings. The highest BCUT2D eigenvalue weighted by atomic mass is 35.5. The summed E-state index contributed by atoms with van der Waals surface area (Å²) in [5.74, 6) is 0. The van der Waals surface area contributed by atoms with E-state index in [0.717, 1.165) is 24.9 Å². The summed E-state index contributed by atoms with van der Waals surface area (Å²) in [4.78, 5) is 0. The highest BCUT2D eigenvalue weighted by Crippen LogP contribution is 2.13. The van der Waals surface area contributed by atoms with Gasteiger partial charge in [-0.3, -0.25) is 0 Å². The van der Waals surface area contributed by atoms with E-state index in [0.29, 0.717) is 5.02 Å². The smallest absolute Gasteiger partial charge is 0.234 e. The molecule has 1 heterocycles. The predicted octanol–water partition coefficient (Wildman–Crippen LogP) is 2.37. The predicted molar refractivity (Wildman–Crippen MR) is 83.0 cm³/mol. The van der Waals surface area contributed by atoms with Crippen molar-refractivity contribution in [3.05, 3.63) is 40.3 Å². The van der Waals surface area contributed by atoms with Crippen LogP contribution in [0.25, 0.3) is 6.08 Å². The Morgan fingerprint density at radius 2 is 2.05 bits per heavy atom. The molecule has 20 heavy (non-hydrogen) atoms. The molecule has 1 aromatic rings. The molecule has 0 radical (unpaired) electrons. The Balaban J connectivity index is 2.01. The zero-order chi connectivity index (χ0) is 14.6. The van der Waals surface area contributed by atoms with Crippen molar-refractivity contribution in [1.82, 2.24) is 10.0 Å². The summed E-state index contributed by atoms with van der Waals surface area (Å²) in [5.41, 5.74) is 0.801. The number of sulfonamides is 1. The van der Waals surface area contributed by atoms with E-state index < -0.39 is 10.0 Å². The van der Waals surface area contributed by atoms with Gasteiger partial charge in [-0.05, 0) is 50.1 Å². The molecule has 0 aromatic heterocycles. The van der Waals surface area contributed by atoms with Crippen molar-refractivity contribution in [3.8, 4) is 0 Å². The third-order valence-corrected chi connectivity index (χ3v) is 4.76. The van der Waals surface area contributed by atoms with Crippen LogP contribution in [-0.2, 0) is 10.0 Å². The lowest BCUT2D eigenvalue weighted by molar-refractivity contribution is 0.349. The number of rotatable bonds is 4. The van der Waals surface area contributed by atoms with Gasteiger partial charge in [0.05, 0.1) is 0 Å². The molecule has 4 nitrogen and oxygen atoms in total. The van der Waals surface area contributed by atoms with Gasteiger partial charge in [0.2, 0.25) is 10.0 Å². The number of hydrogen-bond acceptors (Lipinski definition) is 3. The maximum Gasteiger partial charge on any atom is 0.234 e. The van der Waals surface area contributed by atoms with Crippen LogP contribution in [0.5, 0.6) is 0 Å². The molecular weight excluding hydrogens is 296 g/mol. The number of piperidine rings is 1. The molecular formula is C14H19ClN2O2S. The number of benzene rings is 1. The topological polar surface area (TPSA) is 58.2 Å². The van der Waals surface area contributed by atoms with Gasteiger partial charge in [-0.1, -0.05) is 23.7 Å². The second-order valence-electron chi connectivity index (χ2n) is 5.01. The molecule has 0 amide bonds. The Labute approximate surface area is 125 Å². The molecule has 6 heteroatoms. The molecule has 1 aliphatic heterocycles. The first kappa shape index (κ1) is 15.5. The lowest BCUT2D eigenvalue weighted by Gasteiger charge is -2.29. The fraction of sp³-hybridized carbons (Fsp3) is 0.429. The maximum absolute atomic E-state index is 12.0. The summed E-state index contributed by atoms with van der Waals surface area (Å²) in [6.07, 6.45) is 3.42. The van der Waals surface area contributed by atoms with Crippen molar-refractivity contribution < 1.29 is 8.42 Å².